The van der Waals surface area contributed by atoms with Crippen molar-refractivity contribution in [2.75, 3.05) is 32.4 Å². The molecule has 0 atom stereocenters. The Morgan fingerprint density at radius 2 is 1.71 bits per heavy atom. The lowest BCUT2D eigenvalue weighted by molar-refractivity contribution is -0.269. The van der Waals surface area contributed by atoms with Crippen LogP contribution < -0.4 is 5.32 Å². The maximum absolute atomic E-state index is 12.5. The number of nitrogens with one attached hydrogen (secondary N) is 1. The number of carbonyl (C=O) groups is 1. The summed E-state index contributed by atoms with van der Waals surface area (Å²) in [5.74, 6) is -8.43. The molecule has 0 saturated carbocycles. The third-order valence-electron chi connectivity index (χ3n) is 2.37. The van der Waals surface area contributed by atoms with Gasteiger partial charge in [-0.2, -0.15) is 30.4 Å². The van der Waals surface area contributed by atoms with Gasteiger partial charge in [-0.15, -0.1) is 0 Å². The van der Waals surface area contributed by atoms with E-state index in [1.165, 1.54) is 17.3 Å². The van der Waals surface area contributed by atoms with Gasteiger partial charge in [0.2, 0.25) is 0 Å². The van der Waals surface area contributed by atoms with Gasteiger partial charge >= 0.3 is 12.1 Å². The van der Waals surface area contributed by atoms with Crippen molar-refractivity contribution in [3.05, 3.63) is 0 Å². The van der Waals surface area contributed by atoms with E-state index in [1.54, 1.807) is 0 Å². The third-order valence-corrected chi connectivity index (χ3v) is 3.07. The van der Waals surface area contributed by atoms with Crippen molar-refractivity contribution < 1.29 is 39.7 Å². The molecule has 126 valence electrons. The van der Waals surface area contributed by atoms with E-state index in [0.717, 1.165) is 0 Å². The molecule has 0 saturated heterocycles. The van der Waals surface area contributed by atoms with Crippen molar-refractivity contribution in [3.8, 4) is 0 Å². The molecule has 0 aliphatic heterocycles. The van der Waals surface area contributed by atoms with E-state index in [2.05, 4.69) is 0 Å². The van der Waals surface area contributed by atoms with Crippen LogP contribution in [0.15, 0.2) is 0 Å². The molecule has 0 unspecified atom stereocenters. The van der Waals surface area contributed by atoms with Gasteiger partial charge in [-0.25, -0.2) is 0 Å². The topological polar surface area (TPSA) is 86.7 Å². The lowest BCUT2D eigenvalue weighted by Crippen LogP contribution is -2.50. The van der Waals surface area contributed by atoms with Crippen molar-refractivity contribution in [2.45, 2.75) is 18.5 Å². The number of hydrogen-bond acceptors (Lipinski definition) is 4. The highest BCUT2D eigenvalue weighted by Crippen LogP contribution is 2.35. The molecule has 0 aliphatic rings. The van der Waals surface area contributed by atoms with Crippen LogP contribution in [-0.4, -0.2) is 68.3 Å². The van der Waals surface area contributed by atoms with Crippen LogP contribution in [0, 0.1) is 0 Å². The zero-order chi connectivity index (χ0) is 16.9. The lowest BCUT2D eigenvalue weighted by Gasteiger charge is -2.19. The number of amides is 1. The minimum absolute atomic E-state index is 0.0294. The number of halogens is 5. The molecule has 0 fully saturated rings. The monoisotopic (exact) mass is 342 g/mol. The second-order valence-corrected chi connectivity index (χ2v) is 5.84. The molecule has 1 amide bonds. The molecule has 2 N–H and O–H groups in total. The first-order chi connectivity index (χ1) is 9.27. The van der Waals surface area contributed by atoms with E-state index in [0.29, 0.717) is 0 Å². The van der Waals surface area contributed by atoms with Crippen LogP contribution >= 0.6 is 0 Å². The van der Waals surface area contributed by atoms with Crippen LogP contribution in [0.3, 0.4) is 0 Å². The van der Waals surface area contributed by atoms with Gasteiger partial charge in [0.25, 0.3) is 16.0 Å². The quantitative estimate of drug-likeness (QED) is 0.381. The van der Waals surface area contributed by atoms with Crippen molar-refractivity contribution in [3.63, 3.8) is 0 Å². The van der Waals surface area contributed by atoms with E-state index in [4.69, 9.17) is 4.55 Å². The van der Waals surface area contributed by atoms with Crippen LogP contribution in [0.5, 0.6) is 0 Å². The summed E-state index contributed by atoms with van der Waals surface area (Å²) >= 11 is 0. The fourth-order valence-corrected chi connectivity index (χ4v) is 1.72. The summed E-state index contributed by atoms with van der Waals surface area (Å²) < 4.78 is 89.9. The molecule has 0 aromatic carbocycles. The number of carbonyl (C=O) groups excluding carboxylic acids is 1. The zero-order valence-corrected chi connectivity index (χ0v) is 11.8. The van der Waals surface area contributed by atoms with Gasteiger partial charge in [0, 0.05) is 13.1 Å². The summed E-state index contributed by atoms with van der Waals surface area (Å²) in [7, 11) is -2.68. The third kappa shape index (κ3) is 7.52. The SMILES string of the molecule is CN(CCCNC(=O)C(F)(F)C(F)(F)F)CCS(=O)(=O)O. The first kappa shape index (κ1) is 20.0. The summed E-state index contributed by atoms with van der Waals surface area (Å²) in [5, 5.41) is 1.45. The first-order valence-corrected chi connectivity index (χ1v) is 7.25. The first-order valence-electron chi connectivity index (χ1n) is 5.64. The highest BCUT2D eigenvalue weighted by atomic mass is 32.2. The van der Waals surface area contributed by atoms with Gasteiger partial charge < -0.3 is 10.2 Å². The van der Waals surface area contributed by atoms with E-state index in [-0.39, 0.29) is 19.5 Å². The molecule has 0 bridgehead atoms. The van der Waals surface area contributed by atoms with Gasteiger partial charge in [-0.05, 0) is 20.0 Å². The van der Waals surface area contributed by atoms with E-state index >= 15 is 0 Å². The maximum Gasteiger partial charge on any atom is 0.463 e. The number of hydrogen-bond donors (Lipinski definition) is 2. The Hall–Kier alpha value is -1.01. The Morgan fingerprint density at radius 1 is 1.19 bits per heavy atom. The summed E-state index contributed by atoms with van der Waals surface area (Å²) in [6.45, 7) is -0.348. The van der Waals surface area contributed by atoms with Crippen molar-refractivity contribution in [1.82, 2.24) is 10.2 Å². The van der Waals surface area contributed by atoms with E-state index in [9.17, 15) is 35.2 Å². The molecular formula is C9H15F5N2O4S. The average molecular weight is 342 g/mol. The van der Waals surface area contributed by atoms with Gasteiger partial charge in [-0.3, -0.25) is 9.35 Å². The molecule has 21 heavy (non-hydrogen) atoms. The number of alkyl halides is 5. The predicted octanol–water partition coefficient (Wildman–Crippen LogP) is 0.510. The number of nitrogens with zero attached hydrogens (tertiary/aromatic N) is 1. The van der Waals surface area contributed by atoms with Crippen LogP contribution in [-0.2, 0) is 14.9 Å². The molecule has 0 aromatic rings. The van der Waals surface area contributed by atoms with Crippen molar-refractivity contribution in [1.29, 1.82) is 0 Å². The summed E-state index contributed by atoms with van der Waals surface area (Å²) in [6.07, 6.45) is -5.93. The Labute approximate surface area is 118 Å². The van der Waals surface area contributed by atoms with Crippen LogP contribution in [0.4, 0.5) is 22.0 Å². The van der Waals surface area contributed by atoms with Gasteiger partial charge in [0.05, 0.1) is 5.75 Å². The van der Waals surface area contributed by atoms with Crippen molar-refractivity contribution >= 4 is 16.0 Å². The predicted molar refractivity (Wildman–Crippen MR) is 62.5 cm³/mol. The van der Waals surface area contributed by atoms with Gasteiger partial charge in [0.15, 0.2) is 0 Å². The van der Waals surface area contributed by atoms with Crippen molar-refractivity contribution in [2.24, 2.45) is 0 Å². The van der Waals surface area contributed by atoms with E-state index in [1.807, 2.05) is 0 Å². The fourth-order valence-electron chi connectivity index (χ4n) is 1.17. The molecule has 0 heterocycles. The van der Waals surface area contributed by atoms with Crippen LogP contribution in [0.2, 0.25) is 0 Å². The Balaban J connectivity index is 4.04. The minimum atomic E-state index is -5.95. The second kappa shape index (κ2) is 7.31. The number of rotatable bonds is 8. The molecule has 0 aliphatic carbocycles. The normalized spacial score (nSPS) is 13.5. The summed E-state index contributed by atoms with van der Waals surface area (Å²) in [6, 6.07) is 0. The van der Waals surface area contributed by atoms with E-state index < -0.39 is 40.4 Å². The Bertz CT molecular complexity index is 452. The summed E-state index contributed by atoms with van der Waals surface area (Å²) in [4.78, 5) is 12.1. The second-order valence-electron chi connectivity index (χ2n) is 4.27. The molecule has 0 spiro atoms. The van der Waals surface area contributed by atoms with Gasteiger partial charge in [0.1, 0.15) is 0 Å². The standard InChI is InChI=1S/C9H15F5N2O4S/c1-16(5-6-21(18,19)20)4-2-3-15-7(17)8(10,11)9(12,13)14/h2-6H2,1H3,(H,15,17)(H,18,19,20). The Morgan fingerprint density at radius 3 is 2.14 bits per heavy atom. The molecule has 0 radical (unpaired) electrons. The highest BCUT2D eigenvalue weighted by Gasteiger charge is 2.63. The molecule has 12 heteroatoms. The average Bonchev–Trinajstić information content (AvgIpc) is 2.29. The maximum atomic E-state index is 12.5. The Kier molecular flexibility index (Phi) is 6.96. The highest BCUT2D eigenvalue weighted by molar-refractivity contribution is 7.85. The fraction of sp³-hybridized carbons (Fsp3) is 0.889. The van der Waals surface area contributed by atoms with Crippen LogP contribution in [0.1, 0.15) is 6.42 Å². The minimum Gasteiger partial charge on any atom is -0.351 e. The van der Waals surface area contributed by atoms with Crippen LogP contribution in [0.25, 0.3) is 0 Å². The lowest BCUT2D eigenvalue weighted by atomic mass is 10.3. The smallest absolute Gasteiger partial charge is 0.351 e. The largest absolute Gasteiger partial charge is 0.463 e. The molecule has 0 aromatic heterocycles. The molecule has 0 rings (SSSR count). The van der Waals surface area contributed by atoms with Gasteiger partial charge in [-0.1, -0.05) is 0 Å². The summed E-state index contributed by atoms with van der Waals surface area (Å²) in [5.41, 5.74) is 0. The molecule has 6 nitrogen and oxygen atoms in total. The zero-order valence-electron chi connectivity index (χ0n) is 11.0. The molecular weight excluding hydrogens is 327 g/mol.